The predicted molar refractivity (Wildman–Crippen MR) is 60.0 cm³/mol. The molecule has 16 heavy (non-hydrogen) atoms. The summed E-state index contributed by atoms with van der Waals surface area (Å²) < 4.78 is 5.42. The van der Waals surface area contributed by atoms with Gasteiger partial charge in [-0.15, -0.1) is 0 Å². The van der Waals surface area contributed by atoms with Crippen LogP contribution >= 0.6 is 0 Å². The van der Waals surface area contributed by atoms with Crippen LogP contribution in [0.15, 0.2) is 0 Å². The van der Waals surface area contributed by atoms with Crippen LogP contribution in [0.2, 0.25) is 0 Å². The molecule has 0 aromatic heterocycles. The molecule has 2 atom stereocenters. The van der Waals surface area contributed by atoms with Crippen LogP contribution in [-0.4, -0.2) is 46.8 Å². The van der Waals surface area contributed by atoms with Crippen molar-refractivity contribution < 1.29 is 14.6 Å². The lowest BCUT2D eigenvalue weighted by molar-refractivity contribution is -0.155. The van der Waals surface area contributed by atoms with Gasteiger partial charge in [-0.3, -0.25) is 4.79 Å². The number of ether oxygens (including phenoxy) is 1. The molecule has 0 aromatic carbocycles. The van der Waals surface area contributed by atoms with Gasteiger partial charge in [0.15, 0.2) is 0 Å². The standard InChI is InChI=1S/C12H21NO3/c1-12(2)10(14)6-3-7-13(12)11(15)9-5-4-8-16-9/h9-10,14H,3-8H2,1-2H3. The van der Waals surface area contributed by atoms with Crippen molar-refractivity contribution in [3.63, 3.8) is 0 Å². The molecule has 0 aromatic rings. The molecular weight excluding hydrogens is 206 g/mol. The maximum Gasteiger partial charge on any atom is 0.252 e. The number of carbonyl (C=O) groups is 1. The van der Waals surface area contributed by atoms with Crippen molar-refractivity contribution in [2.45, 2.75) is 57.3 Å². The summed E-state index contributed by atoms with van der Waals surface area (Å²) in [5, 5.41) is 9.96. The van der Waals surface area contributed by atoms with Crippen molar-refractivity contribution in [3.8, 4) is 0 Å². The Labute approximate surface area is 96.6 Å². The molecule has 2 aliphatic heterocycles. The summed E-state index contributed by atoms with van der Waals surface area (Å²) >= 11 is 0. The zero-order valence-corrected chi connectivity index (χ0v) is 10.1. The second-order valence-electron chi connectivity index (χ2n) is 5.30. The molecule has 0 saturated carbocycles. The van der Waals surface area contributed by atoms with Gasteiger partial charge < -0.3 is 14.7 Å². The van der Waals surface area contributed by atoms with E-state index in [1.807, 2.05) is 13.8 Å². The molecule has 1 N–H and O–H groups in total. The van der Waals surface area contributed by atoms with Gasteiger partial charge in [-0.25, -0.2) is 0 Å². The van der Waals surface area contributed by atoms with Gasteiger partial charge in [0.25, 0.3) is 5.91 Å². The number of hydrogen-bond acceptors (Lipinski definition) is 3. The quantitative estimate of drug-likeness (QED) is 0.725. The van der Waals surface area contributed by atoms with Gasteiger partial charge in [-0.05, 0) is 39.5 Å². The normalized spacial score (nSPS) is 34.1. The third-order valence-electron chi connectivity index (χ3n) is 3.84. The molecule has 0 aliphatic carbocycles. The highest BCUT2D eigenvalue weighted by atomic mass is 16.5. The summed E-state index contributed by atoms with van der Waals surface area (Å²) in [7, 11) is 0. The zero-order valence-electron chi connectivity index (χ0n) is 10.1. The number of aliphatic hydroxyl groups is 1. The van der Waals surface area contributed by atoms with Gasteiger partial charge in [0.2, 0.25) is 0 Å². The third kappa shape index (κ3) is 1.96. The second kappa shape index (κ2) is 4.34. The lowest BCUT2D eigenvalue weighted by Gasteiger charge is -2.46. The fraction of sp³-hybridized carbons (Fsp3) is 0.917. The first-order chi connectivity index (χ1) is 7.53. The lowest BCUT2D eigenvalue weighted by atomic mass is 9.86. The summed E-state index contributed by atoms with van der Waals surface area (Å²) in [6.07, 6.45) is 2.75. The maximum atomic E-state index is 12.3. The van der Waals surface area contributed by atoms with Crippen LogP contribution in [-0.2, 0) is 9.53 Å². The monoisotopic (exact) mass is 227 g/mol. The molecule has 0 bridgehead atoms. The average Bonchev–Trinajstić information content (AvgIpc) is 2.74. The van der Waals surface area contributed by atoms with Crippen LogP contribution in [0.5, 0.6) is 0 Å². The minimum Gasteiger partial charge on any atom is -0.391 e. The zero-order chi connectivity index (χ0) is 11.8. The van der Waals surface area contributed by atoms with E-state index in [9.17, 15) is 9.90 Å². The topological polar surface area (TPSA) is 49.8 Å². The van der Waals surface area contributed by atoms with Crippen LogP contribution in [0.3, 0.4) is 0 Å². The highest BCUT2D eigenvalue weighted by Gasteiger charge is 2.42. The SMILES string of the molecule is CC1(C)C(O)CCCN1C(=O)C1CCCO1. The summed E-state index contributed by atoms with van der Waals surface area (Å²) in [6.45, 7) is 5.29. The Morgan fingerprint density at radius 1 is 1.38 bits per heavy atom. The Hall–Kier alpha value is -0.610. The highest BCUT2D eigenvalue weighted by Crippen LogP contribution is 2.30. The molecule has 92 valence electrons. The Morgan fingerprint density at radius 2 is 2.12 bits per heavy atom. The van der Waals surface area contributed by atoms with Gasteiger partial charge in [0.05, 0.1) is 11.6 Å². The van der Waals surface area contributed by atoms with Crippen molar-refractivity contribution >= 4 is 5.91 Å². The molecule has 2 aliphatic rings. The number of carbonyl (C=O) groups excluding carboxylic acids is 1. The number of likely N-dealkylation sites (tertiary alicyclic amines) is 1. The minimum atomic E-state index is -0.457. The van der Waals surface area contributed by atoms with E-state index >= 15 is 0 Å². The molecule has 2 saturated heterocycles. The van der Waals surface area contributed by atoms with Gasteiger partial charge in [-0.2, -0.15) is 0 Å². The molecule has 2 heterocycles. The molecule has 0 spiro atoms. The first kappa shape index (κ1) is 11.9. The molecule has 2 rings (SSSR count). The lowest BCUT2D eigenvalue weighted by Crippen LogP contribution is -2.60. The molecule has 4 heteroatoms. The van der Waals surface area contributed by atoms with Crippen LogP contribution in [0.4, 0.5) is 0 Å². The van der Waals surface area contributed by atoms with Gasteiger partial charge in [0.1, 0.15) is 6.10 Å². The fourth-order valence-corrected chi connectivity index (χ4v) is 2.60. The number of nitrogens with zero attached hydrogens (tertiary/aromatic N) is 1. The summed E-state index contributed by atoms with van der Waals surface area (Å²) in [5.74, 6) is 0.0567. The van der Waals surface area contributed by atoms with Gasteiger partial charge >= 0.3 is 0 Å². The minimum absolute atomic E-state index is 0.0567. The Morgan fingerprint density at radius 3 is 2.75 bits per heavy atom. The third-order valence-corrected chi connectivity index (χ3v) is 3.84. The van der Waals surface area contributed by atoms with E-state index in [1.54, 1.807) is 4.90 Å². The highest BCUT2D eigenvalue weighted by molar-refractivity contribution is 5.82. The number of hydrogen-bond donors (Lipinski definition) is 1. The largest absolute Gasteiger partial charge is 0.391 e. The van der Waals surface area contributed by atoms with E-state index in [4.69, 9.17) is 4.74 Å². The first-order valence-corrected chi connectivity index (χ1v) is 6.14. The van der Waals surface area contributed by atoms with Crippen LogP contribution < -0.4 is 0 Å². The maximum absolute atomic E-state index is 12.3. The Balaban J connectivity index is 2.09. The van der Waals surface area contributed by atoms with Crippen molar-refractivity contribution in [2.24, 2.45) is 0 Å². The fourth-order valence-electron chi connectivity index (χ4n) is 2.60. The van der Waals surface area contributed by atoms with Crippen molar-refractivity contribution in [1.82, 2.24) is 4.90 Å². The summed E-state index contributed by atoms with van der Waals surface area (Å²) in [4.78, 5) is 14.1. The van der Waals surface area contributed by atoms with Gasteiger partial charge in [-0.1, -0.05) is 0 Å². The molecule has 0 radical (unpaired) electrons. The summed E-state index contributed by atoms with van der Waals surface area (Å²) in [5.41, 5.74) is -0.457. The molecule has 4 nitrogen and oxygen atoms in total. The number of piperidine rings is 1. The van der Waals surface area contributed by atoms with Crippen molar-refractivity contribution in [3.05, 3.63) is 0 Å². The van der Waals surface area contributed by atoms with Crippen molar-refractivity contribution in [1.29, 1.82) is 0 Å². The van der Waals surface area contributed by atoms with Crippen molar-refractivity contribution in [2.75, 3.05) is 13.2 Å². The number of aliphatic hydroxyl groups excluding tert-OH is 1. The Bertz CT molecular complexity index is 271. The average molecular weight is 227 g/mol. The first-order valence-electron chi connectivity index (χ1n) is 6.14. The van der Waals surface area contributed by atoms with E-state index < -0.39 is 11.6 Å². The van der Waals surface area contributed by atoms with E-state index in [2.05, 4.69) is 0 Å². The second-order valence-corrected chi connectivity index (χ2v) is 5.30. The molecular formula is C12H21NO3. The van der Waals surface area contributed by atoms with Crippen LogP contribution in [0.25, 0.3) is 0 Å². The summed E-state index contributed by atoms with van der Waals surface area (Å²) in [6, 6.07) is 0. The van der Waals surface area contributed by atoms with Crippen LogP contribution in [0.1, 0.15) is 39.5 Å². The van der Waals surface area contributed by atoms with Crippen LogP contribution in [0, 0.1) is 0 Å². The molecule has 1 amide bonds. The van der Waals surface area contributed by atoms with E-state index in [0.29, 0.717) is 6.61 Å². The van der Waals surface area contributed by atoms with E-state index in [-0.39, 0.29) is 12.0 Å². The Kier molecular flexibility index (Phi) is 3.22. The number of rotatable bonds is 1. The number of amides is 1. The molecule has 2 fully saturated rings. The van der Waals surface area contributed by atoms with Gasteiger partial charge in [0, 0.05) is 13.2 Å². The van der Waals surface area contributed by atoms with E-state index in [0.717, 1.165) is 32.2 Å². The molecule has 2 unspecified atom stereocenters. The van der Waals surface area contributed by atoms with E-state index in [1.165, 1.54) is 0 Å². The predicted octanol–water partition coefficient (Wildman–Crippen LogP) is 0.927. The smallest absolute Gasteiger partial charge is 0.252 e.